The molecule has 0 bridgehead atoms. The van der Waals surface area contributed by atoms with Crippen molar-refractivity contribution in [2.75, 3.05) is 19.6 Å². The second-order valence-electron chi connectivity index (χ2n) is 3.93. The van der Waals surface area contributed by atoms with E-state index in [2.05, 4.69) is 22.1 Å². The van der Waals surface area contributed by atoms with E-state index < -0.39 is 0 Å². The van der Waals surface area contributed by atoms with Gasteiger partial charge >= 0.3 is 0 Å². The minimum Gasteiger partial charge on any atom is -0.301 e. The zero-order valence-corrected chi connectivity index (χ0v) is 8.96. The normalized spacial score (nSPS) is 22.9. The summed E-state index contributed by atoms with van der Waals surface area (Å²) in [5.41, 5.74) is 0.420. The molecule has 2 rings (SSSR count). The van der Waals surface area contributed by atoms with Gasteiger partial charge in [-0.3, -0.25) is 4.79 Å². The van der Waals surface area contributed by atoms with Crippen molar-refractivity contribution in [1.82, 2.24) is 19.9 Å². The number of likely N-dealkylation sites (tertiary alicyclic amines) is 1. The molecular weight excluding hydrogens is 192 g/mol. The van der Waals surface area contributed by atoms with Crippen LogP contribution in [0.5, 0.6) is 0 Å². The first-order valence-electron chi connectivity index (χ1n) is 5.43. The van der Waals surface area contributed by atoms with Crippen LogP contribution in [0.25, 0.3) is 0 Å². The lowest BCUT2D eigenvalue weighted by atomic mass is 10.1. The minimum atomic E-state index is 0.375. The Morgan fingerprint density at radius 1 is 1.67 bits per heavy atom. The van der Waals surface area contributed by atoms with Crippen molar-refractivity contribution in [3.05, 3.63) is 11.9 Å². The van der Waals surface area contributed by atoms with Gasteiger partial charge in [0.15, 0.2) is 6.29 Å². The van der Waals surface area contributed by atoms with Gasteiger partial charge < -0.3 is 4.90 Å². The number of piperidine rings is 1. The topological polar surface area (TPSA) is 51.0 Å². The van der Waals surface area contributed by atoms with Crippen LogP contribution in [0.3, 0.4) is 0 Å². The maximum absolute atomic E-state index is 10.5. The molecule has 0 radical (unpaired) electrons. The lowest BCUT2D eigenvalue weighted by Crippen LogP contribution is -2.36. The van der Waals surface area contributed by atoms with E-state index in [1.165, 1.54) is 13.0 Å². The molecule has 1 aliphatic rings. The number of carbonyl (C=O) groups is 1. The largest absolute Gasteiger partial charge is 0.301 e. The number of nitrogens with zero attached hydrogens (tertiary/aromatic N) is 4. The molecule has 1 saturated heterocycles. The van der Waals surface area contributed by atoms with Gasteiger partial charge in [0.25, 0.3) is 0 Å². The Morgan fingerprint density at radius 2 is 2.53 bits per heavy atom. The summed E-state index contributed by atoms with van der Waals surface area (Å²) in [7, 11) is 0. The number of hydrogen-bond acceptors (Lipinski definition) is 4. The summed E-state index contributed by atoms with van der Waals surface area (Å²) in [6, 6.07) is 0.375. The van der Waals surface area contributed by atoms with E-state index in [1.54, 1.807) is 6.20 Å². The monoisotopic (exact) mass is 208 g/mol. The van der Waals surface area contributed by atoms with Crippen LogP contribution in [0.4, 0.5) is 0 Å². The van der Waals surface area contributed by atoms with Crippen LogP contribution in [0.1, 0.15) is 36.3 Å². The Labute approximate surface area is 89.1 Å². The molecule has 0 saturated carbocycles. The number of carbonyl (C=O) groups excluding carboxylic acids is 1. The highest BCUT2D eigenvalue weighted by Gasteiger charge is 2.21. The number of aromatic nitrogens is 3. The van der Waals surface area contributed by atoms with E-state index in [-0.39, 0.29) is 0 Å². The second kappa shape index (κ2) is 4.53. The Kier molecular flexibility index (Phi) is 3.11. The third-order valence-corrected chi connectivity index (χ3v) is 2.95. The molecule has 0 N–H and O–H groups in total. The van der Waals surface area contributed by atoms with Crippen LogP contribution >= 0.6 is 0 Å². The van der Waals surface area contributed by atoms with Crippen LogP contribution < -0.4 is 0 Å². The van der Waals surface area contributed by atoms with Crippen LogP contribution in [0, 0.1) is 0 Å². The Bertz CT molecular complexity index is 336. The Balaban J connectivity index is 2.06. The molecular formula is C10H16N4O. The predicted molar refractivity (Wildman–Crippen MR) is 55.8 cm³/mol. The van der Waals surface area contributed by atoms with Crippen LogP contribution in [0.15, 0.2) is 6.20 Å². The molecule has 0 aromatic carbocycles. The van der Waals surface area contributed by atoms with Crippen molar-refractivity contribution >= 4 is 6.29 Å². The average Bonchev–Trinajstić information content (AvgIpc) is 2.78. The quantitative estimate of drug-likeness (QED) is 0.688. The molecule has 1 aromatic heterocycles. The molecule has 15 heavy (non-hydrogen) atoms. The van der Waals surface area contributed by atoms with Crippen LogP contribution in [-0.4, -0.2) is 45.8 Å². The third kappa shape index (κ3) is 2.23. The highest BCUT2D eigenvalue weighted by Crippen LogP contribution is 2.19. The fourth-order valence-corrected chi connectivity index (χ4v) is 2.06. The van der Waals surface area contributed by atoms with Gasteiger partial charge in [-0.2, -0.15) is 0 Å². The standard InChI is InChI=1S/C10H16N4O/c1-2-13-5-3-4-10(7-13)14-6-9(8-15)11-12-14/h6,8,10H,2-5,7H2,1H3/t10-/m1/s1. The first-order chi connectivity index (χ1) is 7.33. The molecule has 82 valence electrons. The third-order valence-electron chi connectivity index (χ3n) is 2.95. The Hall–Kier alpha value is -1.23. The maximum Gasteiger partial charge on any atom is 0.171 e. The van der Waals surface area contributed by atoms with Crippen molar-refractivity contribution in [2.45, 2.75) is 25.8 Å². The van der Waals surface area contributed by atoms with Crippen molar-refractivity contribution in [2.24, 2.45) is 0 Å². The first-order valence-corrected chi connectivity index (χ1v) is 5.43. The van der Waals surface area contributed by atoms with E-state index >= 15 is 0 Å². The lowest BCUT2D eigenvalue weighted by molar-refractivity contribution is 0.111. The van der Waals surface area contributed by atoms with Gasteiger partial charge in [0.2, 0.25) is 0 Å². The first kappa shape index (κ1) is 10.3. The summed E-state index contributed by atoms with van der Waals surface area (Å²) >= 11 is 0. The molecule has 1 fully saturated rings. The van der Waals surface area contributed by atoms with E-state index in [0.29, 0.717) is 11.7 Å². The van der Waals surface area contributed by atoms with Gasteiger partial charge in [-0.15, -0.1) is 5.10 Å². The van der Waals surface area contributed by atoms with Crippen molar-refractivity contribution < 1.29 is 4.79 Å². The molecule has 1 aliphatic heterocycles. The van der Waals surface area contributed by atoms with Crippen LogP contribution in [-0.2, 0) is 0 Å². The summed E-state index contributed by atoms with van der Waals surface area (Å²) < 4.78 is 1.82. The van der Waals surface area contributed by atoms with E-state index in [0.717, 1.165) is 25.8 Å². The molecule has 1 atom stereocenters. The summed E-state index contributed by atoms with van der Waals surface area (Å²) in [6.07, 6.45) is 4.79. The molecule has 0 amide bonds. The number of rotatable bonds is 3. The van der Waals surface area contributed by atoms with Gasteiger partial charge in [-0.05, 0) is 25.9 Å². The molecule has 5 heteroatoms. The highest BCUT2D eigenvalue weighted by atomic mass is 16.1. The Morgan fingerprint density at radius 3 is 3.20 bits per heavy atom. The zero-order valence-electron chi connectivity index (χ0n) is 8.96. The van der Waals surface area contributed by atoms with Gasteiger partial charge in [0.1, 0.15) is 5.69 Å². The maximum atomic E-state index is 10.5. The SMILES string of the molecule is CCN1CCC[C@@H](n2cc(C=O)nn2)C1. The number of aldehydes is 1. The van der Waals surface area contributed by atoms with Gasteiger partial charge in [-0.1, -0.05) is 12.1 Å². The number of hydrogen-bond donors (Lipinski definition) is 0. The minimum absolute atomic E-state index is 0.375. The summed E-state index contributed by atoms with van der Waals surface area (Å²) in [5.74, 6) is 0. The molecule has 5 nitrogen and oxygen atoms in total. The summed E-state index contributed by atoms with van der Waals surface area (Å²) in [4.78, 5) is 12.9. The van der Waals surface area contributed by atoms with Gasteiger partial charge in [-0.25, -0.2) is 4.68 Å². The second-order valence-corrected chi connectivity index (χ2v) is 3.93. The predicted octanol–water partition coefficient (Wildman–Crippen LogP) is 0.747. The molecule has 2 heterocycles. The summed E-state index contributed by atoms with van der Waals surface area (Å²) in [6.45, 7) is 5.42. The molecule has 1 aromatic rings. The lowest BCUT2D eigenvalue weighted by Gasteiger charge is -2.31. The van der Waals surface area contributed by atoms with Crippen molar-refractivity contribution in [3.63, 3.8) is 0 Å². The summed E-state index contributed by atoms with van der Waals surface area (Å²) in [5, 5.41) is 7.78. The fraction of sp³-hybridized carbons (Fsp3) is 0.700. The van der Waals surface area contributed by atoms with Crippen LogP contribution in [0.2, 0.25) is 0 Å². The molecule has 0 aliphatic carbocycles. The van der Waals surface area contributed by atoms with Gasteiger partial charge in [0.05, 0.1) is 12.2 Å². The average molecular weight is 208 g/mol. The smallest absolute Gasteiger partial charge is 0.171 e. The zero-order chi connectivity index (χ0) is 10.7. The van der Waals surface area contributed by atoms with E-state index in [4.69, 9.17) is 0 Å². The molecule has 0 spiro atoms. The van der Waals surface area contributed by atoms with E-state index in [9.17, 15) is 4.79 Å². The van der Waals surface area contributed by atoms with E-state index in [1.807, 2.05) is 4.68 Å². The van der Waals surface area contributed by atoms with Gasteiger partial charge in [0, 0.05) is 6.54 Å². The highest BCUT2D eigenvalue weighted by molar-refractivity contribution is 5.70. The van der Waals surface area contributed by atoms with Crippen molar-refractivity contribution in [3.8, 4) is 0 Å². The molecule has 0 unspecified atom stereocenters. The van der Waals surface area contributed by atoms with Crippen molar-refractivity contribution in [1.29, 1.82) is 0 Å². The number of likely N-dealkylation sites (N-methyl/N-ethyl adjacent to an activating group) is 1. The fourth-order valence-electron chi connectivity index (χ4n) is 2.06.